The van der Waals surface area contributed by atoms with Crippen molar-refractivity contribution in [2.45, 2.75) is 155 Å². The first-order valence-corrected chi connectivity index (χ1v) is 23.0. The fraction of sp³-hybridized carbons (Fsp3) is 0.551. The van der Waals surface area contributed by atoms with Crippen LogP contribution in [0.1, 0.15) is 92.7 Å². The molecule has 398 valence electrons. The molecule has 0 saturated carbocycles. The van der Waals surface area contributed by atoms with Gasteiger partial charge in [-0.25, -0.2) is 9.59 Å². The number of carbonyl (C=O) groups is 10. The summed E-state index contributed by atoms with van der Waals surface area (Å²) in [6.07, 6.45) is -19.5. The summed E-state index contributed by atoms with van der Waals surface area (Å²) in [5.74, 6) is -9.02. The van der Waals surface area contributed by atoms with Gasteiger partial charge in [-0.15, -0.1) is 0 Å². The van der Waals surface area contributed by atoms with Crippen molar-refractivity contribution in [2.24, 2.45) is 0 Å². The van der Waals surface area contributed by atoms with E-state index in [4.69, 9.17) is 56.8 Å². The van der Waals surface area contributed by atoms with Gasteiger partial charge in [0, 0.05) is 54.4 Å². The van der Waals surface area contributed by atoms with Gasteiger partial charge in [0.05, 0.1) is 6.42 Å². The van der Waals surface area contributed by atoms with Crippen molar-refractivity contribution >= 4 is 59.8 Å². The van der Waals surface area contributed by atoms with Gasteiger partial charge < -0.3 is 67.5 Å². The van der Waals surface area contributed by atoms with Gasteiger partial charge in [-0.3, -0.25) is 38.4 Å². The van der Waals surface area contributed by atoms with Crippen LogP contribution in [0.2, 0.25) is 0 Å². The van der Waals surface area contributed by atoms with Crippen LogP contribution >= 0.6 is 0 Å². The van der Waals surface area contributed by atoms with E-state index in [1.165, 1.54) is 0 Å². The molecule has 24 nitrogen and oxygen atoms in total. The number of hydrogen-bond donors (Lipinski definition) is 2. The van der Waals surface area contributed by atoms with Crippen LogP contribution in [0.25, 0.3) is 11.1 Å². The predicted molar refractivity (Wildman–Crippen MR) is 244 cm³/mol. The zero-order valence-corrected chi connectivity index (χ0v) is 41.9. The normalized spacial score (nSPS) is 24.6. The lowest BCUT2D eigenvalue weighted by Gasteiger charge is -2.48. The lowest BCUT2D eigenvalue weighted by atomic mass is 9.95. The molecule has 1 aliphatic carbocycles. The molecule has 2 amide bonds. The Hall–Kier alpha value is -7.18. The molecule has 0 unspecified atom stereocenters. The number of ether oxygens (including phenoxy) is 12. The third kappa shape index (κ3) is 15.9. The highest BCUT2D eigenvalue weighted by atomic mass is 16.8. The molecule has 2 aromatic rings. The Labute approximate surface area is 419 Å². The van der Waals surface area contributed by atoms with E-state index in [0.29, 0.717) is 0 Å². The zero-order chi connectivity index (χ0) is 53.9. The maximum atomic E-state index is 14.1. The van der Waals surface area contributed by atoms with E-state index in [-0.39, 0.29) is 12.5 Å². The molecular weight excluding hydrogens is 969 g/mol. The number of fused-ring (bicyclic) bond motifs is 3. The van der Waals surface area contributed by atoms with E-state index >= 15 is 0 Å². The van der Waals surface area contributed by atoms with E-state index in [1.54, 1.807) is 20.8 Å². The molecule has 2 N–H and O–H groups in total. The highest BCUT2D eigenvalue weighted by molar-refractivity contribution is 5.88. The van der Waals surface area contributed by atoms with Crippen molar-refractivity contribution in [3.8, 4) is 11.1 Å². The van der Waals surface area contributed by atoms with E-state index in [0.717, 1.165) is 70.7 Å². The van der Waals surface area contributed by atoms with Crippen molar-refractivity contribution in [3.05, 3.63) is 59.7 Å². The largest absolute Gasteiger partial charge is 0.463 e. The fourth-order valence-electron chi connectivity index (χ4n) is 8.38. The van der Waals surface area contributed by atoms with Crippen LogP contribution in [-0.2, 0) is 100.0 Å². The summed E-state index contributed by atoms with van der Waals surface area (Å²) < 4.78 is 68.1. The van der Waals surface area contributed by atoms with Gasteiger partial charge in [0.25, 0.3) is 0 Å². The average Bonchev–Trinajstić information content (AvgIpc) is 3.59. The van der Waals surface area contributed by atoms with Gasteiger partial charge in [0.15, 0.2) is 43.0 Å². The summed E-state index contributed by atoms with van der Waals surface area (Å²) in [4.78, 5) is 129. The van der Waals surface area contributed by atoms with Crippen molar-refractivity contribution in [3.63, 3.8) is 0 Å². The SMILES string of the molecule is CC(=O)OC[C@H]1O[C@@H](O[C@H]2[C@H](OC(C)=O)[C@@H](OC(C)=O)[C@H](NC(=O)C[C@H](NC(=O)OCC3c4ccccc4-c4ccccc43)C(=O)OC(C)(C)C)O[C@@H]2COC(C)=O)[C@H](OC(C)=O)[C@@H](OC(C)=O)[C@H]1OC(C)=O. The third-order valence-electron chi connectivity index (χ3n) is 10.9. The second-order valence-corrected chi connectivity index (χ2v) is 18.0. The second kappa shape index (κ2) is 25.0. The molecule has 24 heteroatoms. The number of nitrogens with one attached hydrogen (secondary N) is 2. The number of hydrogen-bond acceptors (Lipinski definition) is 22. The minimum Gasteiger partial charge on any atom is -0.463 e. The first-order valence-electron chi connectivity index (χ1n) is 23.0. The average molecular weight is 1030 g/mol. The van der Waals surface area contributed by atoms with E-state index in [1.807, 2.05) is 48.5 Å². The number of benzene rings is 2. The van der Waals surface area contributed by atoms with Crippen LogP contribution in [0.4, 0.5) is 4.79 Å². The highest BCUT2D eigenvalue weighted by Crippen LogP contribution is 2.44. The van der Waals surface area contributed by atoms with E-state index in [9.17, 15) is 47.9 Å². The Kier molecular flexibility index (Phi) is 19.4. The number of rotatable bonds is 18. The van der Waals surface area contributed by atoms with Crippen LogP contribution < -0.4 is 10.6 Å². The van der Waals surface area contributed by atoms with E-state index in [2.05, 4.69) is 10.6 Å². The number of alkyl carbamates (subject to hydrolysis) is 1. The molecule has 2 aromatic carbocycles. The molecule has 2 heterocycles. The standard InChI is InChI=1S/C49H60N2O22/c1-23(52)62-21-36-40(72-47-44(69-29(7)58)42(67-27(5)56)39(65-25(3)54)37(71-47)22-63-24(2)53)41(66-26(4)55)43(68-28(6)57)45(70-36)51-38(59)19-35(46(60)73-49(8,9)10)50-48(61)64-20-34-32-17-13-11-15-30(32)31-16-12-14-18-33(31)34/h11-18,34-37,39-45,47H,19-22H2,1-10H3,(H,50,61)(H,51,59)/t35-,36+,37+,39-,40+,41-,42-,43+,44+,45+,47-/m0/s1. The quantitative estimate of drug-likeness (QED) is 0.160. The first-order chi connectivity index (χ1) is 34.3. The maximum absolute atomic E-state index is 14.1. The first kappa shape index (κ1) is 56.7. The summed E-state index contributed by atoms with van der Waals surface area (Å²) in [6, 6.07) is 13.5. The molecule has 5 rings (SSSR count). The molecule has 73 heavy (non-hydrogen) atoms. The Morgan fingerprint density at radius 1 is 0.534 bits per heavy atom. The van der Waals surface area contributed by atoms with Crippen molar-refractivity contribution < 1.29 is 105 Å². The lowest BCUT2D eigenvalue weighted by Crippen LogP contribution is -2.69. The van der Waals surface area contributed by atoms with Gasteiger partial charge >= 0.3 is 53.8 Å². The van der Waals surface area contributed by atoms with Crippen LogP contribution in [0.15, 0.2) is 48.5 Å². The fourth-order valence-corrected chi connectivity index (χ4v) is 8.38. The van der Waals surface area contributed by atoms with Crippen molar-refractivity contribution in [1.29, 1.82) is 0 Å². The number of amides is 2. The molecule has 11 atom stereocenters. The minimum atomic E-state index is -1.95. The molecule has 0 spiro atoms. The van der Waals surface area contributed by atoms with Gasteiger partial charge in [-0.05, 0) is 43.0 Å². The van der Waals surface area contributed by atoms with Crippen LogP contribution in [0, 0.1) is 0 Å². The van der Waals surface area contributed by atoms with Crippen molar-refractivity contribution in [1.82, 2.24) is 10.6 Å². The predicted octanol–water partition coefficient (Wildman–Crippen LogP) is 2.36. The monoisotopic (exact) mass is 1030 g/mol. The van der Waals surface area contributed by atoms with Gasteiger partial charge in [0.1, 0.15) is 49.8 Å². The molecule has 3 aliphatic rings. The number of esters is 8. The van der Waals surface area contributed by atoms with Crippen molar-refractivity contribution in [2.75, 3.05) is 19.8 Å². The summed E-state index contributed by atoms with van der Waals surface area (Å²) in [5, 5.41) is 4.89. The third-order valence-corrected chi connectivity index (χ3v) is 10.9. The second-order valence-electron chi connectivity index (χ2n) is 18.0. The number of carbonyl (C=O) groups excluding carboxylic acids is 10. The lowest BCUT2D eigenvalue weighted by molar-refractivity contribution is -0.345. The van der Waals surface area contributed by atoms with Crippen LogP contribution in [-0.4, -0.2) is 153 Å². The molecule has 0 aromatic heterocycles. The highest BCUT2D eigenvalue weighted by Gasteiger charge is 2.58. The Morgan fingerprint density at radius 2 is 0.986 bits per heavy atom. The topological polar surface area (TPSA) is 306 Å². The molecular formula is C49H60N2O22. The van der Waals surface area contributed by atoms with Gasteiger partial charge in [-0.1, -0.05) is 48.5 Å². The molecule has 0 radical (unpaired) electrons. The minimum absolute atomic E-state index is 0.144. The summed E-state index contributed by atoms with van der Waals surface area (Å²) in [5.41, 5.74) is 2.67. The Morgan fingerprint density at radius 3 is 1.48 bits per heavy atom. The Bertz CT molecular complexity index is 2350. The van der Waals surface area contributed by atoms with Crippen LogP contribution in [0.3, 0.4) is 0 Å². The molecule has 2 fully saturated rings. The van der Waals surface area contributed by atoms with E-state index < -0.39 is 152 Å². The van der Waals surface area contributed by atoms with Gasteiger partial charge in [0.2, 0.25) is 5.91 Å². The Balaban J connectivity index is 1.46. The van der Waals surface area contributed by atoms with Gasteiger partial charge in [-0.2, -0.15) is 0 Å². The maximum Gasteiger partial charge on any atom is 0.407 e. The molecule has 2 aliphatic heterocycles. The summed E-state index contributed by atoms with van der Waals surface area (Å²) in [7, 11) is 0. The summed E-state index contributed by atoms with van der Waals surface area (Å²) in [6.45, 7) is 10.2. The molecule has 0 bridgehead atoms. The van der Waals surface area contributed by atoms with Crippen LogP contribution in [0.5, 0.6) is 0 Å². The zero-order valence-electron chi connectivity index (χ0n) is 41.9. The smallest absolute Gasteiger partial charge is 0.407 e. The molecule has 2 saturated heterocycles. The summed E-state index contributed by atoms with van der Waals surface area (Å²) >= 11 is 0.